The first-order chi connectivity index (χ1) is 26.5. The number of cyclic esters (lactones) is 1. The number of hydrogen-bond acceptors (Lipinski definition) is 13. The second kappa shape index (κ2) is 15.4. The summed E-state index contributed by atoms with van der Waals surface area (Å²) in [5.74, 6) is -2.44. The number of ether oxygens (including phenoxy) is 2. The fraction of sp³-hybridized carbons (Fsp3) is 0.308. The topological polar surface area (TPSA) is 222 Å². The van der Waals surface area contributed by atoms with E-state index in [-0.39, 0.29) is 43.3 Å². The molecule has 6 N–H and O–H groups in total. The molecule has 5 heterocycles. The average molecular weight is 754 g/mol. The molecule has 0 bridgehead atoms. The van der Waals surface area contributed by atoms with Gasteiger partial charge in [-0.25, -0.2) is 19.4 Å². The van der Waals surface area contributed by atoms with Gasteiger partial charge in [-0.2, -0.15) is 0 Å². The predicted octanol–water partition coefficient (Wildman–Crippen LogP) is 3.30. The van der Waals surface area contributed by atoms with Crippen LogP contribution in [0, 0.1) is 0 Å². The van der Waals surface area contributed by atoms with Gasteiger partial charge in [-0.05, 0) is 66.8 Å². The van der Waals surface area contributed by atoms with Crippen LogP contribution in [0.1, 0.15) is 65.3 Å². The number of carbonyl (C=O) groups is 4. The van der Waals surface area contributed by atoms with E-state index in [0.717, 1.165) is 22.1 Å². The molecule has 0 saturated carbocycles. The number of aliphatic hydroxyl groups excluding tert-OH is 1. The van der Waals surface area contributed by atoms with Crippen molar-refractivity contribution in [1.82, 2.24) is 25.2 Å². The van der Waals surface area contributed by atoms with Gasteiger partial charge in [0, 0.05) is 60.3 Å². The molecule has 0 radical (unpaired) electrons. The number of aromatic nitrogens is 2. The lowest BCUT2D eigenvalue weighted by Crippen LogP contribution is -2.45. The van der Waals surface area contributed by atoms with Crippen LogP contribution in [-0.4, -0.2) is 84.5 Å². The molecular formula is C39H39N5O11. The molecule has 7 rings (SSSR count). The number of unbranched alkanes of at least 4 members (excludes halogenated alkanes) is 2. The number of nitrogens with one attached hydrogen (secondary N) is 2. The van der Waals surface area contributed by atoms with Crippen molar-refractivity contribution in [2.75, 3.05) is 13.2 Å². The van der Waals surface area contributed by atoms with Crippen LogP contribution in [0.15, 0.2) is 71.8 Å². The zero-order valence-corrected chi connectivity index (χ0v) is 29.8. The molecule has 16 heteroatoms. The van der Waals surface area contributed by atoms with Crippen molar-refractivity contribution in [3.05, 3.63) is 99.8 Å². The van der Waals surface area contributed by atoms with E-state index in [9.17, 15) is 39.6 Å². The summed E-state index contributed by atoms with van der Waals surface area (Å²) in [6.45, 7) is 2.71. The lowest BCUT2D eigenvalue weighted by atomic mass is 9.94. The second-order valence-corrected chi connectivity index (χ2v) is 13.3. The fourth-order valence-electron chi connectivity index (χ4n) is 6.95. The highest BCUT2D eigenvalue weighted by Gasteiger charge is 2.44. The summed E-state index contributed by atoms with van der Waals surface area (Å²) < 4.78 is 11.5. The Labute approximate surface area is 314 Å². The Kier molecular flexibility index (Phi) is 10.3. The molecule has 0 spiro atoms. The van der Waals surface area contributed by atoms with E-state index in [0.29, 0.717) is 65.0 Å². The van der Waals surface area contributed by atoms with E-state index in [1.165, 1.54) is 24.3 Å². The number of nitrogens with zero attached hydrogens (tertiary/aromatic N) is 3. The third kappa shape index (κ3) is 7.48. The maximum atomic E-state index is 12.9. The van der Waals surface area contributed by atoms with Gasteiger partial charge in [-0.1, -0.05) is 25.5 Å². The first-order valence-corrected chi connectivity index (χ1v) is 17.9. The maximum absolute atomic E-state index is 12.9. The third-order valence-corrected chi connectivity index (χ3v) is 9.78. The number of aromatic hydroxyl groups is 3. The summed E-state index contributed by atoms with van der Waals surface area (Å²) >= 11 is 0. The van der Waals surface area contributed by atoms with Gasteiger partial charge >= 0.3 is 18.0 Å². The lowest BCUT2D eigenvalue weighted by molar-refractivity contribution is -0.153. The molecule has 16 nitrogen and oxygen atoms in total. The van der Waals surface area contributed by atoms with E-state index in [1.807, 2.05) is 6.92 Å². The van der Waals surface area contributed by atoms with Gasteiger partial charge in [0.15, 0.2) is 6.23 Å². The first kappa shape index (κ1) is 36.8. The molecule has 2 aromatic carbocycles. The van der Waals surface area contributed by atoms with Gasteiger partial charge in [0.05, 0.1) is 22.5 Å². The van der Waals surface area contributed by atoms with Crippen molar-refractivity contribution in [1.29, 1.82) is 0 Å². The van der Waals surface area contributed by atoms with Gasteiger partial charge in [-0.15, -0.1) is 4.73 Å². The van der Waals surface area contributed by atoms with Crippen molar-refractivity contribution in [2.24, 2.45) is 0 Å². The van der Waals surface area contributed by atoms with Crippen LogP contribution in [0.3, 0.4) is 0 Å². The molecule has 0 saturated heterocycles. The molecular weight excluding hydrogens is 714 g/mol. The molecule has 2 amide bonds. The number of aliphatic hydroxyl groups is 1. The summed E-state index contributed by atoms with van der Waals surface area (Å²) in [6, 6.07) is 13.6. The summed E-state index contributed by atoms with van der Waals surface area (Å²) in [6.07, 6.45) is 1.06. The molecule has 55 heavy (non-hydrogen) atoms. The number of aryl methyl sites for hydroxylation is 1. The standard InChI is InChI=1S/C39H39N5O11/c1-2-24-25-16-23(45)11-12-29(25)42-34-27(24)19-43-30(34)17-26-28(36(43)49)20-53-38(51)35(26)54-39(52)40-15-5-3-4-6-31(46)41-18-21-7-9-22(10-8-21)37(50)55-44-32(47)13-14-33(44)48/h7-14,16-17,35-36,45,47-49H,2-6,15,18-20H2,1H3,(H,40,52)(H,41,46). The average Bonchev–Trinajstić information content (AvgIpc) is 3.70. The minimum Gasteiger partial charge on any atom is -0.508 e. The molecule has 4 aromatic rings. The molecule has 3 aliphatic rings. The number of alkyl carbamates (subject to hydrolysis) is 1. The van der Waals surface area contributed by atoms with Crippen molar-refractivity contribution < 1.29 is 53.9 Å². The highest BCUT2D eigenvalue weighted by Crippen LogP contribution is 2.44. The number of pyridine rings is 1. The molecule has 2 atom stereocenters. The number of fused-ring (bicyclic) bond motifs is 4. The Morgan fingerprint density at radius 1 is 0.982 bits per heavy atom. The van der Waals surface area contributed by atoms with E-state index >= 15 is 0 Å². The second-order valence-electron chi connectivity index (χ2n) is 13.3. The molecule has 3 aliphatic heterocycles. The van der Waals surface area contributed by atoms with Crippen molar-refractivity contribution in [2.45, 2.75) is 64.4 Å². The number of rotatable bonds is 12. The van der Waals surface area contributed by atoms with E-state index in [4.69, 9.17) is 19.3 Å². The number of esters is 1. The highest BCUT2D eigenvalue weighted by molar-refractivity contribution is 5.91. The van der Waals surface area contributed by atoms with Crippen LogP contribution in [0.5, 0.6) is 17.5 Å². The van der Waals surface area contributed by atoms with E-state index in [1.54, 1.807) is 41.3 Å². The first-order valence-electron chi connectivity index (χ1n) is 17.9. The van der Waals surface area contributed by atoms with Crippen LogP contribution >= 0.6 is 0 Å². The number of phenols is 1. The summed E-state index contributed by atoms with van der Waals surface area (Å²) in [5, 5.41) is 47.1. The number of amides is 2. The molecule has 0 fully saturated rings. The predicted molar refractivity (Wildman–Crippen MR) is 194 cm³/mol. The number of benzene rings is 2. The Hall–Kier alpha value is -6.55. The summed E-state index contributed by atoms with van der Waals surface area (Å²) in [7, 11) is 0. The normalized spacial score (nSPS) is 17.2. The van der Waals surface area contributed by atoms with Crippen LogP contribution in [0.2, 0.25) is 0 Å². The quantitative estimate of drug-likeness (QED) is 0.0904. The zero-order valence-electron chi connectivity index (χ0n) is 29.8. The SMILES string of the molecule is CCc1c2c(nc3ccc(O)cc13)C1=CC3=C(COC(=O)C3OC(=O)NCCCCCC(=O)NCc3ccc(C(=O)On4c(O)ccc4O)cc3)C(O)N1C2. The van der Waals surface area contributed by atoms with Gasteiger partial charge in [0.25, 0.3) is 0 Å². The monoisotopic (exact) mass is 753 g/mol. The van der Waals surface area contributed by atoms with Crippen LogP contribution in [0.25, 0.3) is 16.6 Å². The maximum Gasteiger partial charge on any atom is 0.408 e. The van der Waals surface area contributed by atoms with E-state index in [2.05, 4.69) is 10.6 Å². The molecule has 0 aliphatic carbocycles. The smallest absolute Gasteiger partial charge is 0.408 e. The Balaban J connectivity index is 0.867. The third-order valence-electron chi connectivity index (χ3n) is 9.78. The van der Waals surface area contributed by atoms with Gasteiger partial charge in [-0.3, -0.25) is 4.79 Å². The summed E-state index contributed by atoms with van der Waals surface area (Å²) in [5.41, 5.74) is 5.55. The number of hydrogen-bond donors (Lipinski definition) is 6. The summed E-state index contributed by atoms with van der Waals surface area (Å²) in [4.78, 5) is 62.0. The Bertz CT molecular complexity index is 2220. The van der Waals surface area contributed by atoms with Gasteiger partial charge in [0.1, 0.15) is 12.4 Å². The largest absolute Gasteiger partial charge is 0.508 e. The zero-order chi connectivity index (χ0) is 38.8. The highest BCUT2D eigenvalue weighted by atomic mass is 16.7. The van der Waals surface area contributed by atoms with Crippen molar-refractivity contribution in [3.8, 4) is 17.5 Å². The van der Waals surface area contributed by atoms with Gasteiger partial charge in [0.2, 0.25) is 23.8 Å². The van der Waals surface area contributed by atoms with Crippen LogP contribution in [0.4, 0.5) is 4.79 Å². The number of carbonyl (C=O) groups excluding carboxylic acids is 4. The van der Waals surface area contributed by atoms with Crippen LogP contribution in [-0.2, 0) is 38.6 Å². The Morgan fingerprint density at radius 2 is 1.75 bits per heavy atom. The minimum absolute atomic E-state index is 0.134. The van der Waals surface area contributed by atoms with Crippen molar-refractivity contribution >= 4 is 40.5 Å². The van der Waals surface area contributed by atoms with E-state index < -0.39 is 42.1 Å². The van der Waals surface area contributed by atoms with Gasteiger partial charge < -0.3 is 50.3 Å². The van der Waals surface area contributed by atoms with Crippen molar-refractivity contribution in [3.63, 3.8) is 0 Å². The molecule has 2 unspecified atom stereocenters. The Morgan fingerprint density at radius 3 is 2.49 bits per heavy atom. The molecule has 2 aromatic heterocycles. The fourth-order valence-corrected chi connectivity index (χ4v) is 6.95. The molecule has 286 valence electrons. The minimum atomic E-state index is -1.39. The lowest BCUT2D eigenvalue weighted by Gasteiger charge is -2.37. The van der Waals surface area contributed by atoms with Crippen LogP contribution < -0.4 is 15.5 Å². The number of phenolic OH excluding ortho intramolecular Hbond substituents is 1.